The molecule has 3 heterocycles. The van der Waals surface area contributed by atoms with E-state index in [0.29, 0.717) is 28.2 Å². The Morgan fingerprint density at radius 3 is 1.86 bits per heavy atom. The zero-order valence-corrected chi connectivity index (χ0v) is 18.6. The molecule has 0 aliphatic heterocycles. The number of aromatic nitrogens is 4. The van der Waals surface area contributed by atoms with Gasteiger partial charge in [0.1, 0.15) is 5.39 Å². The molecule has 0 aliphatic rings. The van der Waals surface area contributed by atoms with Gasteiger partial charge in [-0.15, -0.1) is 0 Å². The van der Waals surface area contributed by atoms with Crippen LogP contribution in [0.4, 0.5) is 0 Å². The molecule has 0 amide bonds. The minimum absolute atomic E-state index is 0.334. The molecule has 35 heavy (non-hydrogen) atoms. The quantitative estimate of drug-likeness (QED) is 0.291. The monoisotopic (exact) mass is 450 g/mol. The van der Waals surface area contributed by atoms with E-state index in [9.17, 15) is 4.79 Å². The lowest BCUT2D eigenvalue weighted by atomic mass is 10.0. The van der Waals surface area contributed by atoms with Crippen LogP contribution in [0, 0.1) is 0 Å². The minimum atomic E-state index is -0.334. The lowest BCUT2D eigenvalue weighted by molar-refractivity contribution is 1.11. The van der Waals surface area contributed by atoms with Gasteiger partial charge in [-0.3, -0.25) is 9.20 Å². The van der Waals surface area contributed by atoms with Crippen molar-refractivity contribution < 1.29 is 0 Å². The number of rotatable bonds is 2. The number of hydrogen-bond donors (Lipinski definition) is 0. The molecule has 0 spiro atoms. The van der Waals surface area contributed by atoms with E-state index in [1.54, 1.807) is 0 Å². The highest BCUT2D eigenvalue weighted by Crippen LogP contribution is 2.32. The van der Waals surface area contributed by atoms with Gasteiger partial charge in [0.15, 0.2) is 17.1 Å². The minimum Gasteiger partial charge on any atom is -0.277 e. The molecular weight excluding hydrogens is 432 g/mol. The lowest BCUT2D eigenvalue weighted by Crippen LogP contribution is -2.15. The van der Waals surface area contributed by atoms with E-state index in [1.165, 1.54) is 0 Å². The summed E-state index contributed by atoms with van der Waals surface area (Å²) in [4.78, 5) is 28.1. The van der Waals surface area contributed by atoms with E-state index >= 15 is 0 Å². The van der Waals surface area contributed by atoms with Gasteiger partial charge in [-0.2, -0.15) is 4.98 Å². The van der Waals surface area contributed by atoms with E-state index < -0.39 is 0 Å². The zero-order chi connectivity index (χ0) is 23.4. The highest BCUT2D eigenvalue weighted by atomic mass is 16.1. The first-order valence-corrected chi connectivity index (χ1v) is 11.4. The fourth-order valence-electron chi connectivity index (χ4n) is 4.85. The molecule has 164 valence electrons. The maximum atomic E-state index is 13.6. The topological polar surface area (TPSA) is 60.2 Å². The van der Waals surface area contributed by atoms with Crippen molar-refractivity contribution in [1.82, 2.24) is 19.4 Å². The fraction of sp³-hybridized carbons (Fsp3) is 0. The molecule has 0 aliphatic carbocycles. The highest BCUT2D eigenvalue weighted by Gasteiger charge is 2.20. The molecule has 0 fully saturated rings. The maximum absolute atomic E-state index is 13.6. The number of pyridine rings is 1. The van der Waals surface area contributed by atoms with Crippen molar-refractivity contribution in [3.63, 3.8) is 0 Å². The average Bonchev–Trinajstić information content (AvgIpc) is 2.93. The van der Waals surface area contributed by atoms with Crippen LogP contribution in [0.3, 0.4) is 0 Å². The van der Waals surface area contributed by atoms with Crippen molar-refractivity contribution in [2.24, 2.45) is 0 Å². The molecule has 5 heteroatoms. The van der Waals surface area contributed by atoms with Crippen molar-refractivity contribution in [3.8, 4) is 22.6 Å². The second-order valence-corrected chi connectivity index (χ2v) is 8.47. The fourth-order valence-corrected chi connectivity index (χ4v) is 4.85. The Kier molecular flexibility index (Phi) is 4.23. The van der Waals surface area contributed by atoms with Gasteiger partial charge < -0.3 is 0 Å². The average molecular weight is 451 g/mol. The first-order chi connectivity index (χ1) is 17.3. The van der Waals surface area contributed by atoms with Crippen molar-refractivity contribution in [1.29, 1.82) is 0 Å². The predicted molar refractivity (Wildman–Crippen MR) is 140 cm³/mol. The summed E-state index contributed by atoms with van der Waals surface area (Å²) >= 11 is 0. The predicted octanol–water partition coefficient (Wildman–Crippen LogP) is 6.28. The van der Waals surface area contributed by atoms with Gasteiger partial charge in [0.25, 0.3) is 5.56 Å². The maximum Gasteiger partial charge on any atom is 0.285 e. The standard InChI is InChI=1S/C30H18N4O/c35-30-25-26(19-11-3-1-4-12-19)31-27(20-13-5-2-6-14-20)32-29(25)34-24-18-10-9-16-22(24)21-15-7-8-17-23(21)28(34)33-30/h1-18H. The molecule has 0 atom stereocenters. The third-order valence-corrected chi connectivity index (χ3v) is 6.42. The van der Waals surface area contributed by atoms with Crippen molar-refractivity contribution in [2.45, 2.75) is 0 Å². The first-order valence-electron chi connectivity index (χ1n) is 11.4. The largest absolute Gasteiger partial charge is 0.285 e. The summed E-state index contributed by atoms with van der Waals surface area (Å²) in [6.07, 6.45) is 0. The summed E-state index contributed by atoms with van der Waals surface area (Å²) in [7, 11) is 0. The molecular formula is C30H18N4O. The van der Waals surface area contributed by atoms with E-state index in [1.807, 2.05) is 101 Å². The van der Waals surface area contributed by atoms with Crippen LogP contribution in [0.5, 0.6) is 0 Å². The van der Waals surface area contributed by atoms with Gasteiger partial charge in [0, 0.05) is 21.9 Å². The number of nitrogens with zero attached hydrogens (tertiary/aromatic N) is 4. The number of para-hydroxylation sites is 1. The van der Waals surface area contributed by atoms with Crippen LogP contribution < -0.4 is 5.56 Å². The molecule has 7 rings (SSSR count). The summed E-state index contributed by atoms with van der Waals surface area (Å²) < 4.78 is 2.01. The third kappa shape index (κ3) is 2.95. The summed E-state index contributed by atoms with van der Waals surface area (Å²) in [5.41, 5.74) is 4.06. The van der Waals surface area contributed by atoms with Crippen LogP contribution >= 0.6 is 0 Å². The molecule has 7 aromatic rings. The Morgan fingerprint density at radius 1 is 0.514 bits per heavy atom. The van der Waals surface area contributed by atoms with Crippen LogP contribution in [0.15, 0.2) is 114 Å². The van der Waals surface area contributed by atoms with Gasteiger partial charge in [-0.1, -0.05) is 103 Å². The number of hydrogen-bond acceptors (Lipinski definition) is 4. The molecule has 3 aromatic heterocycles. The first kappa shape index (κ1) is 19.6. The summed E-state index contributed by atoms with van der Waals surface area (Å²) in [5.74, 6) is 0.564. The molecule has 0 saturated carbocycles. The molecule has 0 N–H and O–H groups in total. The van der Waals surface area contributed by atoms with Gasteiger partial charge in [0.05, 0.1) is 11.2 Å². The Hall–Kier alpha value is -4.90. The molecule has 0 bridgehead atoms. The summed E-state index contributed by atoms with van der Waals surface area (Å²) in [6.45, 7) is 0. The summed E-state index contributed by atoms with van der Waals surface area (Å²) in [5, 5.41) is 3.44. The van der Waals surface area contributed by atoms with Crippen LogP contribution in [0.25, 0.3) is 61.0 Å². The van der Waals surface area contributed by atoms with Gasteiger partial charge in [0.2, 0.25) is 0 Å². The van der Waals surface area contributed by atoms with Crippen LogP contribution in [0.1, 0.15) is 0 Å². The molecule has 0 radical (unpaired) electrons. The smallest absolute Gasteiger partial charge is 0.277 e. The molecule has 0 saturated heterocycles. The van der Waals surface area contributed by atoms with E-state index in [2.05, 4.69) is 17.1 Å². The SMILES string of the molecule is O=c1nc2c3ccccc3c3ccccc3n2c2nc(-c3ccccc3)nc(-c3ccccc3)c12. The zero-order valence-electron chi connectivity index (χ0n) is 18.6. The van der Waals surface area contributed by atoms with E-state index in [-0.39, 0.29) is 5.56 Å². The Bertz CT molecular complexity index is 1960. The molecule has 0 unspecified atom stereocenters. The lowest BCUT2D eigenvalue weighted by Gasteiger charge is -2.15. The van der Waals surface area contributed by atoms with Crippen LogP contribution in [0.2, 0.25) is 0 Å². The normalized spacial score (nSPS) is 11.5. The second kappa shape index (κ2) is 7.57. The third-order valence-electron chi connectivity index (χ3n) is 6.42. The van der Waals surface area contributed by atoms with Crippen molar-refractivity contribution >= 4 is 38.4 Å². The Balaban J connectivity index is 1.77. The molecule has 4 aromatic carbocycles. The second-order valence-electron chi connectivity index (χ2n) is 8.47. The highest BCUT2D eigenvalue weighted by molar-refractivity contribution is 6.13. The van der Waals surface area contributed by atoms with E-state index in [4.69, 9.17) is 9.97 Å². The van der Waals surface area contributed by atoms with Crippen LogP contribution in [-0.2, 0) is 0 Å². The number of fused-ring (bicyclic) bond motifs is 8. The Morgan fingerprint density at radius 2 is 1.11 bits per heavy atom. The Labute approximate surface area is 200 Å². The summed E-state index contributed by atoms with van der Waals surface area (Å²) in [6, 6.07) is 35.8. The number of benzene rings is 4. The van der Waals surface area contributed by atoms with Gasteiger partial charge in [-0.25, -0.2) is 9.97 Å². The van der Waals surface area contributed by atoms with Crippen LogP contribution in [-0.4, -0.2) is 19.4 Å². The molecule has 5 nitrogen and oxygen atoms in total. The van der Waals surface area contributed by atoms with E-state index in [0.717, 1.165) is 32.8 Å². The van der Waals surface area contributed by atoms with Gasteiger partial charge in [-0.05, 0) is 11.5 Å². The van der Waals surface area contributed by atoms with Crippen molar-refractivity contribution in [3.05, 3.63) is 120 Å². The van der Waals surface area contributed by atoms with Gasteiger partial charge >= 0.3 is 0 Å². The van der Waals surface area contributed by atoms with Crippen molar-refractivity contribution in [2.75, 3.05) is 0 Å².